The minimum atomic E-state index is -0.127. The molecule has 0 aliphatic carbocycles. The zero-order valence-corrected chi connectivity index (χ0v) is 11.5. The van der Waals surface area contributed by atoms with E-state index in [1.54, 1.807) is 25.4 Å². The molecule has 0 bridgehead atoms. The van der Waals surface area contributed by atoms with Crippen LogP contribution in [0.5, 0.6) is 0 Å². The van der Waals surface area contributed by atoms with Gasteiger partial charge in [0.2, 0.25) is 0 Å². The smallest absolute Gasteiger partial charge is 0.275 e. The van der Waals surface area contributed by atoms with Crippen LogP contribution in [0.4, 0.5) is 5.82 Å². The highest BCUT2D eigenvalue weighted by Crippen LogP contribution is 2.32. The van der Waals surface area contributed by atoms with Crippen molar-refractivity contribution in [2.45, 2.75) is 0 Å². The maximum atomic E-state index is 12.4. The van der Waals surface area contributed by atoms with Crippen molar-refractivity contribution in [3.63, 3.8) is 0 Å². The SMILES string of the molecule is C=C/C=C/n1cnc2c(sc3ncnc(NC)c32)c1=O. The first-order chi connectivity index (χ1) is 9.76. The van der Waals surface area contributed by atoms with Gasteiger partial charge in [0.1, 0.15) is 33.5 Å². The molecule has 20 heavy (non-hydrogen) atoms. The van der Waals surface area contributed by atoms with Gasteiger partial charge in [-0.3, -0.25) is 9.36 Å². The average molecular weight is 285 g/mol. The normalized spacial score (nSPS) is 11.4. The molecule has 3 heterocycles. The molecule has 1 N–H and O–H groups in total. The van der Waals surface area contributed by atoms with Crippen LogP contribution in [0.1, 0.15) is 0 Å². The highest BCUT2D eigenvalue weighted by atomic mass is 32.1. The minimum absolute atomic E-state index is 0.127. The largest absolute Gasteiger partial charge is 0.372 e. The lowest BCUT2D eigenvalue weighted by Crippen LogP contribution is -2.14. The maximum Gasteiger partial charge on any atom is 0.275 e. The highest BCUT2D eigenvalue weighted by Gasteiger charge is 2.15. The molecule has 3 aromatic heterocycles. The number of fused-ring (bicyclic) bond motifs is 3. The molecule has 0 amide bonds. The summed E-state index contributed by atoms with van der Waals surface area (Å²) in [4.78, 5) is 25.8. The van der Waals surface area contributed by atoms with E-state index in [0.717, 1.165) is 10.2 Å². The maximum absolute atomic E-state index is 12.4. The Balaban J connectivity index is 2.40. The molecule has 0 unspecified atom stereocenters. The van der Waals surface area contributed by atoms with E-state index in [-0.39, 0.29) is 5.56 Å². The van der Waals surface area contributed by atoms with Crippen LogP contribution in [0.25, 0.3) is 26.6 Å². The van der Waals surface area contributed by atoms with Gasteiger partial charge in [-0.2, -0.15) is 0 Å². The van der Waals surface area contributed by atoms with E-state index in [2.05, 4.69) is 26.8 Å². The summed E-state index contributed by atoms with van der Waals surface area (Å²) in [6, 6.07) is 0. The Bertz CT molecular complexity index is 893. The van der Waals surface area contributed by atoms with Crippen LogP contribution < -0.4 is 10.9 Å². The summed E-state index contributed by atoms with van der Waals surface area (Å²) in [6.45, 7) is 3.58. The lowest BCUT2D eigenvalue weighted by atomic mass is 10.3. The van der Waals surface area contributed by atoms with E-state index in [1.807, 2.05) is 0 Å². The van der Waals surface area contributed by atoms with Crippen LogP contribution in [-0.2, 0) is 0 Å². The lowest BCUT2D eigenvalue weighted by molar-refractivity contribution is 1.03. The molecule has 0 radical (unpaired) electrons. The van der Waals surface area contributed by atoms with Crippen molar-refractivity contribution in [1.29, 1.82) is 0 Å². The zero-order chi connectivity index (χ0) is 14.1. The Hall–Kier alpha value is -2.54. The lowest BCUT2D eigenvalue weighted by Gasteiger charge is -2.00. The van der Waals surface area contributed by atoms with Crippen LogP contribution in [0.15, 0.2) is 36.2 Å². The van der Waals surface area contributed by atoms with Gasteiger partial charge in [0.25, 0.3) is 5.56 Å². The van der Waals surface area contributed by atoms with Gasteiger partial charge in [0.15, 0.2) is 0 Å². The molecule has 0 saturated heterocycles. The van der Waals surface area contributed by atoms with Gasteiger partial charge in [-0.05, 0) is 6.08 Å². The number of hydrogen-bond donors (Lipinski definition) is 1. The zero-order valence-electron chi connectivity index (χ0n) is 10.7. The van der Waals surface area contributed by atoms with Crippen molar-refractivity contribution >= 4 is 43.8 Å². The summed E-state index contributed by atoms with van der Waals surface area (Å²) in [5, 5.41) is 3.78. The van der Waals surface area contributed by atoms with Gasteiger partial charge in [0, 0.05) is 13.2 Å². The van der Waals surface area contributed by atoms with Crippen molar-refractivity contribution in [2.24, 2.45) is 0 Å². The number of thiophene rings is 1. The van der Waals surface area contributed by atoms with Crippen molar-refractivity contribution in [2.75, 3.05) is 12.4 Å². The van der Waals surface area contributed by atoms with E-state index in [0.29, 0.717) is 16.0 Å². The molecular formula is C13H11N5OS. The van der Waals surface area contributed by atoms with Crippen LogP contribution in [0, 0.1) is 0 Å². The third-order valence-corrected chi connectivity index (χ3v) is 3.90. The first-order valence-electron chi connectivity index (χ1n) is 5.87. The Kier molecular flexibility index (Phi) is 3.03. The van der Waals surface area contributed by atoms with Gasteiger partial charge < -0.3 is 5.32 Å². The van der Waals surface area contributed by atoms with Crippen LogP contribution >= 0.6 is 11.3 Å². The molecule has 100 valence electrons. The first-order valence-corrected chi connectivity index (χ1v) is 6.69. The van der Waals surface area contributed by atoms with Crippen molar-refractivity contribution in [3.8, 4) is 0 Å². The summed E-state index contributed by atoms with van der Waals surface area (Å²) in [7, 11) is 1.78. The second-order valence-electron chi connectivity index (χ2n) is 3.97. The fourth-order valence-corrected chi connectivity index (χ4v) is 2.96. The molecule has 0 atom stereocenters. The molecule has 0 saturated carbocycles. The van der Waals surface area contributed by atoms with Gasteiger partial charge in [-0.25, -0.2) is 15.0 Å². The number of anilines is 1. The Labute approximate surface area is 118 Å². The standard InChI is InChI=1S/C13H11N5OS/c1-3-4-5-18-7-17-9-8-11(14-2)15-6-16-12(8)20-10(9)13(18)19/h3-7H,1H2,2H3,(H,14,15,16)/b5-4+. The molecule has 6 nitrogen and oxygen atoms in total. The number of nitrogens with one attached hydrogen (secondary N) is 1. The van der Waals surface area contributed by atoms with Gasteiger partial charge >= 0.3 is 0 Å². The number of aromatic nitrogens is 4. The van der Waals surface area contributed by atoms with E-state index in [1.165, 1.54) is 28.6 Å². The van der Waals surface area contributed by atoms with E-state index in [4.69, 9.17) is 0 Å². The molecule has 0 aliphatic heterocycles. The van der Waals surface area contributed by atoms with Crippen molar-refractivity contribution in [3.05, 3.63) is 41.7 Å². The monoisotopic (exact) mass is 285 g/mol. The quantitative estimate of drug-likeness (QED) is 0.746. The molecule has 7 heteroatoms. The minimum Gasteiger partial charge on any atom is -0.372 e. The second kappa shape index (κ2) is 4.86. The predicted molar refractivity (Wildman–Crippen MR) is 82.0 cm³/mol. The van der Waals surface area contributed by atoms with Crippen LogP contribution in [0.2, 0.25) is 0 Å². The second-order valence-corrected chi connectivity index (χ2v) is 4.97. The van der Waals surface area contributed by atoms with E-state index >= 15 is 0 Å². The Morgan fingerprint density at radius 2 is 2.25 bits per heavy atom. The van der Waals surface area contributed by atoms with Crippen LogP contribution in [0.3, 0.4) is 0 Å². The third-order valence-electron chi connectivity index (χ3n) is 2.82. The Morgan fingerprint density at radius 1 is 1.40 bits per heavy atom. The molecule has 3 aromatic rings. The molecule has 3 rings (SSSR count). The molecule has 0 aliphatic rings. The molecule has 0 fully saturated rings. The third kappa shape index (κ3) is 1.79. The summed E-state index contributed by atoms with van der Waals surface area (Å²) < 4.78 is 1.99. The van der Waals surface area contributed by atoms with E-state index < -0.39 is 0 Å². The van der Waals surface area contributed by atoms with Gasteiger partial charge in [-0.15, -0.1) is 11.3 Å². The number of allylic oxidation sites excluding steroid dienone is 2. The summed E-state index contributed by atoms with van der Waals surface area (Å²) in [6.07, 6.45) is 7.87. The number of hydrogen-bond acceptors (Lipinski definition) is 6. The molecule has 0 aromatic carbocycles. The summed E-state index contributed by atoms with van der Waals surface area (Å²) in [5.74, 6) is 0.674. The van der Waals surface area contributed by atoms with Crippen LogP contribution in [-0.4, -0.2) is 26.6 Å². The fraction of sp³-hybridized carbons (Fsp3) is 0.0769. The van der Waals surface area contributed by atoms with Gasteiger partial charge in [-0.1, -0.05) is 12.7 Å². The Morgan fingerprint density at radius 3 is 3.00 bits per heavy atom. The van der Waals surface area contributed by atoms with Crippen molar-refractivity contribution in [1.82, 2.24) is 19.5 Å². The number of nitrogens with zero attached hydrogens (tertiary/aromatic N) is 4. The van der Waals surface area contributed by atoms with Gasteiger partial charge in [0.05, 0.1) is 5.39 Å². The van der Waals surface area contributed by atoms with E-state index in [9.17, 15) is 4.79 Å². The average Bonchev–Trinajstić information content (AvgIpc) is 2.86. The molecular weight excluding hydrogens is 274 g/mol. The first kappa shape index (κ1) is 12.5. The predicted octanol–water partition coefficient (Wildman–Crippen LogP) is 2.10. The summed E-state index contributed by atoms with van der Waals surface area (Å²) in [5.41, 5.74) is 0.501. The fourth-order valence-electron chi connectivity index (χ4n) is 1.93. The molecule has 0 spiro atoms. The summed E-state index contributed by atoms with van der Waals surface area (Å²) >= 11 is 1.32. The highest BCUT2D eigenvalue weighted by molar-refractivity contribution is 7.25. The topological polar surface area (TPSA) is 72.7 Å². The van der Waals surface area contributed by atoms with Crippen molar-refractivity contribution < 1.29 is 0 Å². The number of rotatable bonds is 3.